The zero-order valence-corrected chi connectivity index (χ0v) is 13.8. The second kappa shape index (κ2) is 7.84. The van der Waals surface area contributed by atoms with E-state index in [-0.39, 0.29) is 24.0 Å². The first-order chi connectivity index (χ1) is 10.6. The van der Waals surface area contributed by atoms with Crippen molar-refractivity contribution in [3.05, 3.63) is 34.9 Å². The highest BCUT2D eigenvalue weighted by Crippen LogP contribution is 2.43. The summed E-state index contributed by atoms with van der Waals surface area (Å²) in [6.07, 6.45) is 4.08. The van der Waals surface area contributed by atoms with Crippen LogP contribution in [0.2, 0.25) is 5.02 Å². The molecule has 2 amide bonds. The smallest absolute Gasteiger partial charge is 0.314 e. The molecule has 5 heteroatoms. The van der Waals surface area contributed by atoms with Gasteiger partial charge in [0.2, 0.25) is 0 Å². The maximum Gasteiger partial charge on any atom is 0.314 e. The van der Waals surface area contributed by atoms with Crippen LogP contribution in [0.5, 0.6) is 0 Å². The molecular formula is C17H25ClN2O2. The van der Waals surface area contributed by atoms with Gasteiger partial charge in [-0.2, -0.15) is 0 Å². The molecule has 0 aromatic heterocycles. The van der Waals surface area contributed by atoms with Crippen LogP contribution in [0.25, 0.3) is 0 Å². The number of rotatable bonds is 7. The zero-order valence-electron chi connectivity index (χ0n) is 13.1. The molecule has 1 atom stereocenters. The van der Waals surface area contributed by atoms with Crippen LogP contribution in [-0.2, 0) is 5.41 Å². The molecule has 1 aliphatic rings. The Morgan fingerprint density at radius 1 is 1.32 bits per heavy atom. The molecule has 22 heavy (non-hydrogen) atoms. The maximum atomic E-state index is 11.9. The van der Waals surface area contributed by atoms with Crippen LogP contribution in [0.3, 0.4) is 0 Å². The second-order valence-electron chi connectivity index (χ2n) is 6.32. The number of carbonyl (C=O) groups excluding carboxylic acids is 1. The fourth-order valence-electron chi connectivity index (χ4n) is 2.88. The third kappa shape index (κ3) is 4.37. The van der Waals surface area contributed by atoms with Crippen LogP contribution in [0.1, 0.15) is 38.2 Å². The summed E-state index contributed by atoms with van der Waals surface area (Å²) >= 11 is 5.95. The van der Waals surface area contributed by atoms with Gasteiger partial charge in [0.05, 0.1) is 0 Å². The van der Waals surface area contributed by atoms with Crippen molar-refractivity contribution in [3.63, 3.8) is 0 Å². The Kier molecular flexibility index (Phi) is 6.09. The number of aliphatic hydroxyl groups excluding tert-OH is 1. The van der Waals surface area contributed by atoms with Crippen molar-refractivity contribution in [2.45, 2.75) is 38.0 Å². The minimum absolute atomic E-state index is 0.0542. The average molecular weight is 325 g/mol. The Labute approximate surface area is 137 Å². The van der Waals surface area contributed by atoms with Gasteiger partial charge in [0, 0.05) is 30.1 Å². The molecule has 0 saturated heterocycles. The average Bonchev–Trinajstić information content (AvgIpc) is 2.46. The first kappa shape index (κ1) is 17.1. The van der Waals surface area contributed by atoms with Gasteiger partial charge in [-0.05, 0) is 42.9 Å². The Balaban J connectivity index is 1.83. The maximum absolute atomic E-state index is 11.9. The van der Waals surface area contributed by atoms with Gasteiger partial charge in [-0.25, -0.2) is 4.79 Å². The third-order valence-electron chi connectivity index (χ3n) is 4.59. The van der Waals surface area contributed by atoms with E-state index < -0.39 is 0 Å². The molecule has 1 saturated carbocycles. The summed E-state index contributed by atoms with van der Waals surface area (Å²) in [6.45, 7) is 3.40. The van der Waals surface area contributed by atoms with E-state index in [1.807, 2.05) is 19.1 Å². The van der Waals surface area contributed by atoms with Crippen molar-refractivity contribution < 1.29 is 9.90 Å². The van der Waals surface area contributed by atoms with E-state index in [9.17, 15) is 4.79 Å². The Morgan fingerprint density at radius 3 is 2.55 bits per heavy atom. The standard InChI is InChI=1S/C17H25ClN2O2/c1-13(7-10-21)11-19-16(22)20-12-17(8-2-9-17)14-3-5-15(18)6-4-14/h3-6,13,21H,2,7-12H2,1H3,(H2,19,20,22). The van der Waals surface area contributed by atoms with Gasteiger partial charge in [0.25, 0.3) is 0 Å². The summed E-state index contributed by atoms with van der Waals surface area (Å²) in [6, 6.07) is 7.81. The van der Waals surface area contributed by atoms with Gasteiger partial charge in [0.15, 0.2) is 0 Å². The minimum Gasteiger partial charge on any atom is -0.396 e. The van der Waals surface area contributed by atoms with Crippen LogP contribution in [0.4, 0.5) is 4.79 Å². The predicted octanol–water partition coefficient (Wildman–Crippen LogP) is 3.08. The molecule has 4 nitrogen and oxygen atoms in total. The van der Waals surface area contributed by atoms with Gasteiger partial charge < -0.3 is 15.7 Å². The molecule has 3 N–H and O–H groups in total. The SMILES string of the molecule is CC(CCO)CNC(=O)NCC1(c2ccc(Cl)cc2)CCC1. The predicted molar refractivity (Wildman–Crippen MR) is 89.2 cm³/mol. The third-order valence-corrected chi connectivity index (χ3v) is 4.84. The van der Waals surface area contributed by atoms with E-state index in [4.69, 9.17) is 16.7 Å². The van der Waals surface area contributed by atoms with Crippen molar-refractivity contribution >= 4 is 17.6 Å². The topological polar surface area (TPSA) is 61.4 Å². The molecule has 0 spiro atoms. The van der Waals surface area contributed by atoms with Gasteiger partial charge in [0.1, 0.15) is 0 Å². The van der Waals surface area contributed by atoms with Crippen molar-refractivity contribution in [1.82, 2.24) is 10.6 Å². The number of aliphatic hydroxyl groups is 1. The monoisotopic (exact) mass is 324 g/mol. The fraction of sp³-hybridized carbons (Fsp3) is 0.588. The van der Waals surface area contributed by atoms with Crippen molar-refractivity contribution in [2.75, 3.05) is 19.7 Å². The largest absolute Gasteiger partial charge is 0.396 e. The number of urea groups is 1. The number of nitrogens with one attached hydrogen (secondary N) is 2. The number of carbonyl (C=O) groups is 1. The van der Waals surface area contributed by atoms with E-state index in [0.717, 1.165) is 17.9 Å². The van der Waals surface area contributed by atoms with E-state index in [0.29, 0.717) is 19.5 Å². The van der Waals surface area contributed by atoms with Gasteiger partial charge >= 0.3 is 6.03 Å². The van der Waals surface area contributed by atoms with Crippen LogP contribution in [0, 0.1) is 5.92 Å². The molecule has 2 rings (SSSR count). The minimum atomic E-state index is -0.134. The molecule has 1 aliphatic carbocycles. The number of hydrogen-bond donors (Lipinski definition) is 3. The molecule has 0 radical (unpaired) electrons. The van der Waals surface area contributed by atoms with Crippen LogP contribution in [-0.4, -0.2) is 30.8 Å². The number of benzene rings is 1. The van der Waals surface area contributed by atoms with Crippen LogP contribution in [0.15, 0.2) is 24.3 Å². The highest BCUT2D eigenvalue weighted by molar-refractivity contribution is 6.30. The normalized spacial score (nSPS) is 17.4. The molecule has 0 bridgehead atoms. The van der Waals surface area contributed by atoms with Crippen LogP contribution >= 0.6 is 11.6 Å². The van der Waals surface area contributed by atoms with Crippen molar-refractivity contribution in [2.24, 2.45) is 5.92 Å². The summed E-state index contributed by atoms with van der Waals surface area (Å²) < 4.78 is 0. The molecule has 1 aromatic rings. The van der Waals surface area contributed by atoms with Crippen molar-refractivity contribution in [1.29, 1.82) is 0 Å². The fourth-order valence-corrected chi connectivity index (χ4v) is 3.00. The second-order valence-corrected chi connectivity index (χ2v) is 6.76. The lowest BCUT2D eigenvalue weighted by atomic mass is 9.64. The van der Waals surface area contributed by atoms with E-state index in [1.165, 1.54) is 12.0 Å². The summed E-state index contributed by atoms with van der Waals surface area (Å²) in [5, 5.41) is 15.5. The molecule has 1 aromatic carbocycles. The highest BCUT2D eigenvalue weighted by Gasteiger charge is 2.38. The number of amides is 2. The highest BCUT2D eigenvalue weighted by atomic mass is 35.5. The Morgan fingerprint density at radius 2 is 2.00 bits per heavy atom. The Hall–Kier alpha value is -1.26. The number of halogens is 1. The zero-order chi connectivity index (χ0) is 16.0. The first-order valence-electron chi connectivity index (χ1n) is 7.94. The van der Waals surface area contributed by atoms with Crippen molar-refractivity contribution in [3.8, 4) is 0 Å². The summed E-state index contributed by atoms with van der Waals surface area (Å²) in [4.78, 5) is 11.9. The lowest BCUT2D eigenvalue weighted by Crippen LogP contribution is -2.48. The molecule has 1 unspecified atom stereocenters. The van der Waals surface area contributed by atoms with E-state index in [1.54, 1.807) is 0 Å². The molecular weight excluding hydrogens is 300 g/mol. The molecule has 0 heterocycles. The van der Waals surface area contributed by atoms with Gasteiger partial charge in [-0.1, -0.05) is 37.1 Å². The summed E-state index contributed by atoms with van der Waals surface area (Å²) in [5.41, 5.74) is 1.30. The Bertz CT molecular complexity index is 486. The number of hydrogen-bond acceptors (Lipinski definition) is 2. The first-order valence-corrected chi connectivity index (χ1v) is 8.32. The van der Waals surface area contributed by atoms with E-state index >= 15 is 0 Å². The van der Waals surface area contributed by atoms with Gasteiger partial charge in [-0.15, -0.1) is 0 Å². The lowest BCUT2D eigenvalue weighted by Gasteiger charge is -2.42. The lowest BCUT2D eigenvalue weighted by molar-refractivity contribution is 0.212. The molecule has 0 aliphatic heterocycles. The van der Waals surface area contributed by atoms with Gasteiger partial charge in [-0.3, -0.25) is 0 Å². The van der Waals surface area contributed by atoms with E-state index in [2.05, 4.69) is 22.8 Å². The summed E-state index contributed by atoms with van der Waals surface area (Å²) in [5.74, 6) is 0.282. The van der Waals surface area contributed by atoms with Crippen LogP contribution < -0.4 is 10.6 Å². The summed E-state index contributed by atoms with van der Waals surface area (Å²) in [7, 11) is 0. The molecule has 1 fully saturated rings. The molecule has 122 valence electrons. The quantitative estimate of drug-likeness (QED) is 0.722.